The molecule has 4 rings (SSSR count). The van der Waals surface area contributed by atoms with Gasteiger partial charge in [0.2, 0.25) is 11.8 Å². The fourth-order valence-corrected chi connectivity index (χ4v) is 4.73. The summed E-state index contributed by atoms with van der Waals surface area (Å²) in [5.74, 6) is 1.57. The summed E-state index contributed by atoms with van der Waals surface area (Å²) in [5.41, 5.74) is 2.58. The monoisotopic (exact) mass is 509 g/mol. The van der Waals surface area contributed by atoms with Crippen molar-refractivity contribution in [1.82, 2.24) is 9.80 Å². The van der Waals surface area contributed by atoms with Gasteiger partial charge < -0.3 is 24.8 Å². The average molecular weight is 510 g/mol. The molecule has 1 aliphatic heterocycles. The van der Waals surface area contributed by atoms with Gasteiger partial charge in [0, 0.05) is 42.7 Å². The highest BCUT2D eigenvalue weighted by Crippen LogP contribution is 2.32. The number of amides is 2. The minimum Gasteiger partial charge on any atom is -0.497 e. The maximum absolute atomic E-state index is 13.4. The lowest BCUT2D eigenvalue weighted by Crippen LogP contribution is -2.47. The van der Waals surface area contributed by atoms with Crippen LogP contribution < -0.4 is 14.8 Å². The van der Waals surface area contributed by atoms with E-state index in [0.717, 1.165) is 30.7 Å². The van der Waals surface area contributed by atoms with Crippen molar-refractivity contribution in [3.05, 3.63) is 53.6 Å². The molecule has 2 aromatic carbocycles. The Morgan fingerprint density at radius 1 is 1.24 bits per heavy atom. The molecule has 0 radical (unpaired) electrons. The number of aliphatic hydroxyl groups excluding tert-OH is 1. The number of nitrogens with zero attached hydrogens (tertiary/aromatic N) is 2. The summed E-state index contributed by atoms with van der Waals surface area (Å²) in [6, 6.07) is 13.3. The topological polar surface area (TPSA) is 91.3 Å². The lowest BCUT2D eigenvalue weighted by molar-refractivity contribution is -0.134. The van der Waals surface area contributed by atoms with Gasteiger partial charge in [-0.05, 0) is 62.7 Å². The van der Waals surface area contributed by atoms with Gasteiger partial charge in [-0.25, -0.2) is 0 Å². The van der Waals surface area contributed by atoms with Crippen molar-refractivity contribution < 1.29 is 24.2 Å². The van der Waals surface area contributed by atoms with E-state index in [0.29, 0.717) is 24.5 Å². The third-order valence-electron chi connectivity index (χ3n) is 7.24. The Bertz CT molecular complexity index is 1090. The molecule has 200 valence electrons. The number of carbonyl (C=O) groups excluding carboxylic acids is 2. The minimum atomic E-state index is -0.299. The molecule has 1 fully saturated rings. The molecule has 1 heterocycles. The quantitative estimate of drug-likeness (QED) is 0.539. The smallest absolute Gasteiger partial charge is 0.227 e. The van der Waals surface area contributed by atoms with E-state index in [1.54, 1.807) is 12.0 Å². The molecule has 0 saturated heterocycles. The van der Waals surface area contributed by atoms with Crippen LogP contribution in [0, 0.1) is 11.8 Å². The Morgan fingerprint density at radius 3 is 2.62 bits per heavy atom. The van der Waals surface area contributed by atoms with Gasteiger partial charge in [0.15, 0.2) is 0 Å². The number of carbonyl (C=O) groups is 2. The van der Waals surface area contributed by atoms with Crippen LogP contribution in [0.2, 0.25) is 0 Å². The maximum Gasteiger partial charge on any atom is 0.227 e. The number of hydrogen-bond donors (Lipinski definition) is 2. The Balaban J connectivity index is 1.56. The summed E-state index contributed by atoms with van der Waals surface area (Å²) in [4.78, 5) is 29.6. The van der Waals surface area contributed by atoms with E-state index in [1.165, 1.54) is 5.56 Å². The SMILES string of the molecule is COc1ccc(CN(C)C[C@@H]2Oc3ccc(NC(=O)C4CC4)cc3CC(=O)N([C@H](C)CO)C[C@@H]2C)cc1. The van der Waals surface area contributed by atoms with Gasteiger partial charge in [-0.2, -0.15) is 0 Å². The maximum atomic E-state index is 13.4. The van der Waals surface area contributed by atoms with Crippen molar-refractivity contribution in [2.45, 2.75) is 51.8 Å². The van der Waals surface area contributed by atoms with E-state index in [2.05, 4.69) is 36.3 Å². The summed E-state index contributed by atoms with van der Waals surface area (Å²) in [7, 11) is 3.72. The first-order chi connectivity index (χ1) is 17.8. The molecule has 3 atom stereocenters. The van der Waals surface area contributed by atoms with Gasteiger partial charge in [0.1, 0.15) is 17.6 Å². The zero-order chi connectivity index (χ0) is 26.5. The Hall–Kier alpha value is -3.10. The van der Waals surface area contributed by atoms with Crippen molar-refractivity contribution in [2.24, 2.45) is 11.8 Å². The van der Waals surface area contributed by atoms with Crippen LogP contribution in [-0.2, 0) is 22.6 Å². The summed E-state index contributed by atoms with van der Waals surface area (Å²) in [5, 5.41) is 12.8. The molecule has 0 aromatic heterocycles. The molecule has 2 N–H and O–H groups in total. The molecule has 2 aromatic rings. The zero-order valence-corrected chi connectivity index (χ0v) is 22.3. The van der Waals surface area contributed by atoms with Gasteiger partial charge in [-0.15, -0.1) is 0 Å². The standard InChI is InChI=1S/C29H39N3O5/c1-19-15-32(20(2)18-33)28(34)14-23-13-24(30-29(35)22-7-8-22)9-12-26(23)37-27(19)17-31(3)16-21-5-10-25(36-4)11-6-21/h5-6,9-13,19-20,22,27,33H,7-8,14-18H2,1-4H3,(H,30,35)/t19-,20+,27-/m0/s1. The van der Waals surface area contributed by atoms with Crippen molar-refractivity contribution >= 4 is 17.5 Å². The van der Waals surface area contributed by atoms with Gasteiger partial charge in [0.05, 0.1) is 26.2 Å². The van der Waals surface area contributed by atoms with E-state index >= 15 is 0 Å². The van der Waals surface area contributed by atoms with Crippen LogP contribution in [0.1, 0.15) is 37.8 Å². The molecule has 2 amide bonds. The molecule has 1 aliphatic carbocycles. The number of likely N-dealkylation sites (N-methyl/N-ethyl adjacent to an activating group) is 1. The van der Waals surface area contributed by atoms with Gasteiger partial charge in [0.25, 0.3) is 0 Å². The normalized spacial score (nSPS) is 20.8. The van der Waals surface area contributed by atoms with Crippen molar-refractivity contribution in [1.29, 1.82) is 0 Å². The van der Waals surface area contributed by atoms with E-state index in [9.17, 15) is 14.7 Å². The third-order valence-corrected chi connectivity index (χ3v) is 7.24. The number of methoxy groups -OCH3 is 1. The van der Waals surface area contributed by atoms with Gasteiger partial charge in [-0.1, -0.05) is 19.1 Å². The Morgan fingerprint density at radius 2 is 1.97 bits per heavy atom. The second-order valence-electron chi connectivity index (χ2n) is 10.5. The molecule has 8 nitrogen and oxygen atoms in total. The third kappa shape index (κ3) is 7.02. The molecule has 2 aliphatic rings. The van der Waals surface area contributed by atoms with Gasteiger partial charge >= 0.3 is 0 Å². The number of fused-ring (bicyclic) bond motifs is 1. The number of nitrogens with one attached hydrogen (secondary N) is 1. The van der Waals surface area contributed by atoms with E-state index in [-0.39, 0.29) is 48.8 Å². The highest BCUT2D eigenvalue weighted by molar-refractivity contribution is 5.94. The predicted molar refractivity (Wildman–Crippen MR) is 143 cm³/mol. The van der Waals surface area contributed by atoms with E-state index in [4.69, 9.17) is 9.47 Å². The highest BCUT2D eigenvalue weighted by atomic mass is 16.5. The van der Waals surface area contributed by atoms with E-state index in [1.807, 2.05) is 37.3 Å². The molecule has 1 saturated carbocycles. The Kier molecular flexibility index (Phi) is 8.71. The fraction of sp³-hybridized carbons (Fsp3) is 0.517. The van der Waals surface area contributed by atoms with Crippen LogP contribution in [0.5, 0.6) is 11.5 Å². The lowest BCUT2D eigenvalue weighted by atomic mass is 10.0. The molecule has 37 heavy (non-hydrogen) atoms. The van der Waals surface area contributed by atoms with Crippen LogP contribution in [0.4, 0.5) is 5.69 Å². The molecule has 0 bridgehead atoms. The van der Waals surface area contributed by atoms with Crippen LogP contribution in [0.15, 0.2) is 42.5 Å². The number of anilines is 1. The second-order valence-corrected chi connectivity index (χ2v) is 10.5. The van der Waals surface area contributed by atoms with Crippen LogP contribution in [-0.4, -0.2) is 72.7 Å². The van der Waals surface area contributed by atoms with Crippen LogP contribution >= 0.6 is 0 Å². The van der Waals surface area contributed by atoms with Crippen molar-refractivity contribution in [3.63, 3.8) is 0 Å². The molecular weight excluding hydrogens is 470 g/mol. The average Bonchev–Trinajstić information content (AvgIpc) is 3.73. The summed E-state index contributed by atoms with van der Waals surface area (Å²) >= 11 is 0. The number of ether oxygens (including phenoxy) is 2. The summed E-state index contributed by atoms with van der Waals surface area (Å²) in [6.45, 7) is 5.73. The molecule has 0 unspecified atom stereocenters. The largest absolute Gasteiger partial charge is 0.497 e. The summed E-state index contributed by atoms with van der Waals surface area (Å²) in [6.07, 6.45) is 1.81. The number of benzene rings is 2. The first-order valence-corrected chi connectivity index (χ1v) is 13.1. The predicted octanol–water partition coefficient (Wildman–Crippen LogP) is 3.32. The molecule has 8 heteroatoms. The molecular formula is C29H39N3O5. The highest BCUT2D eigenvalue weighted by Gasteiger charge is 2.32. The zero-order valence-electron chi connectivity index (χ0n) is 22.3. The Labute approximate surface area is 219 Å². The van der Waals surface area contributed by atoms with Crippen molar-refractivity contribution in [3.8, 4) is 11.5 Å². The van der Waals surface area contributed by atoms with Crippen LogP contribution in [0.3, 0.4) is 0 Å². The lowest BCUT2D eigenvalue weighted by Gasteiger charge is -2.34. The first-order valence-electron chi connectivity index (χ1n) is 13.1. The minimum absolute atomic E-state index is 0.0245. The number of hydrogen-bond acceptors (Lipinski definition) is 6. The number of aliphatic hydroxyl groups is 1. The first kappa shape index (κ1) is 26.9. The number of rotatable bonds is 9. The fourth-order valence-electron chi connectivity index (χ4n) is 4.73. The van der Waals surface area contributed by atoms with Crippen molar-refractivity contribution in [2.75, 3.05) is 39.2 Å². The summed E-state index contributed by atoms with van der Waals surface area (Å²) < 4.78 is 11.9. The molecule has 0 spiro atoms. The van der Waals surface area contributed by atoms with Gasteiger partial charge in [-0.3, -0.25) is 14.5 Å². The van der Waals surface area contributed by atoms with E-state index < -0.39 is 0 Å². The second kappa shape index (κ2) is 12.0. The van der Waals surface area contributed by atoms with Crippen LogP contribution in [0.25, 0.3) is 0 Å².